The van der Waals surface area contributed by atoms with Gasteiger partial charge in [-0.2, -0.15) is 0 Å². The number of anilines is 1. The Balaban J connectivity index is 3.27. The van der Waals surface area contributed by atoms with E-state index in [9.17, 15) is 9.59 Å². The van der Waals surface area contributed by atoms with Gasteiger partial charge in [0.05, 0.1) is 6.54 Å². The van der Waals surface area contributed by atoms with Crippen LogP contribution in [-0.4, -0.2) is 34.6 Å². The maximum absolute atomic E-state index is 11.2. The maximum atomic E-state index is 11.2. The van der Waals surface area contributed by atoms with E-state index >= 15 is 0 Å². The number of carboxylic acids is 1. The number of aromatic nitrogens is 1. The largest absolute Gasteiger partial charge is 0.478 e. The summed E-state index contributed by atoms with van der Waals surface area (Å²) in [5.41, 5.74) is 5.19. The molecule has 1 aromatic heterocycles. The first-order valence-corrected chi connectivity index (χ1v) is 6.06. The summed E-state index contributed by atoms with van der Waals surface area (Å²) in [6.45, 7) is 3.59. The minimum absolute atomic E-state index is 0.0272. The van der Waals surface area contributed by atoms with Gasteiger partial charge in [0.1, 0.15) is 11.4 Å². The molecule has 6 nitrogen and oxygen atoms in total. The van der Waals surface area contributed by atoms with Gasteiger partial charge in [-0.1, -0.05) is 0 Å². The monoisotopic (exact) mass is 315 g/mol. The molecule has 0 atom stereocenters. The Labute approximate surface area is 113 Å². The van der Waals surface area contributed by atoms with E-state index in [1.54, 1.807) is 4.90 Å². The fourth-order valence-corrected chi connectivity index (χ4v) is 1.82. The van der Waals surface area contributed by atoms with Gasteiger partial charge >= 0.3 is 5.97 Å². The van der Waals surface area contributed by atoms with Crippen molar-refractivity contribution in [2.24, 2.45) is 5.73 Å². The highest BCUT2D eigenvalue weighted by atomic mass is 79.9. The summed E-state index contributed by atoms with van der Waals surface area (Å²) < 4.78 is 0.562. The molecule has 0 saturated carbocycles. The average molecular weight is 316 g/mol. The first-order chi connectivity index (χ1) is 8.32. The van der Waals surface area contributed by atoms with Crippen LogP contribution in [-0.2, 0) is 4.79 Å². The van der Waals surface area contributed by atoms with Crippen molar-refractivity contribution < 1.29 is 14.7 Å². The topological polar surface area (TPSA) is 96.5 Å². The number of nitrogens with two attached hydrogens (primary N) is 1. The highest BCUT2D eigenvalue weighted by molar-refractivity contribution is 9.10. The second-order valence-electron chi connectivity index (χ2n) is 4.02. The summed E-state index contributed by atoms with van der Waals surface area (Å²) in [6.07, 6.45) is 1.48. The average Bonchev–Trinajstić information content (AvgIpc) is 2.25. The van der Waals surface area contributed by atoms with Crippen LogP contribution in [0.1, 0.15) is 24.2 Å². The zero-order chi connectivity index (χ0) is 13.9. The molecule has 1 heterocycles. The van der Waals surface area contributed by atoms with E-state index in [2.05, 4.69) is 20.9 Å². The molecular weight excluding hydrogens is 302 g/mol. The number of halogens is 1. The van der Waals surface area contributed by atoms with Crippen molar-refractivity contribution in [3.63, 3.8) is 0 Å². The SMILES string of the molecule is CC(C)N(CC(N)=O)c1ncc(Br)cc1C(=O)O. The molecule has 1 aromatic rings. The summed E-state index contributed by atoms with van der Waals surface area (Å²) in [5, 5.41) is 9.15. The smallest absolute Gasteiger partial charge is 0.339 e. The predicted molar refractivity (Wildman–Crippen MR) is 70.6 cm³/mol. The van der Waals surface area contributed by atoms with Gasteiger partial charge in [-0.25, -0.2) is 9.78 Å². The van der Waals surface area contributed by atoms with Crippen LogP contribution >= 0.6 is 15.9 Å². The molecule has 1 amide bonds. The number of amides is 1. The fourth-order valence-electron chi connectivity index (χ4n) is 1.49. The molecule has 0 spiro atoms. The summed E-state index contributed by atoms with van der Waals surface area (Å²) >= 11 is 3.17. The third kappa shape index (κ3) is 3.43. The number of carboxylic acid groups (broad SMARTS) is 1. The minimum atomic E-state index is -1.10. The van der Waals surface area contributed by atoms with Crippen molar-refractivity contribution in [2.45, 2.75) is 19.9 Å². The van der Waals surface area contributed by atoms with Crippen molar-refractivity contribution in [1.82, 2.24) is 4.98 Å². The Morgan fingerprint density at radius 1 is 1.56 bits per heavy atom. The molecule has 0 aliphatic rings. The Kier molecular flexibility index (Phi) is 4.66. The molecule has 1 rings (SSSR count). The Morgan fingerprint density at radius 3 is 2.61 bits per heavy atom. The molecule has 7 heteroatoms. The van der Waals surface area contributed by atoms with E-state index in [1.807, 2.05) is 13.8 Å². The fraction of sp³-hybridized carbons (Fsp3) is 0.364. The van der Waals surface area contributed by atoms with Crippen LogP contribution in [0.15, 0.2) is 16.7 Å². The van der Waals surface area contributed by atoms with Crippen LogP contribution < -0.4 is 10.6 Å². The molecule has 0 aliphatic carbocycles. The molecule has 0 bridgehead atoms. The lowest BCUT2D eigenvalue weighted by Crippen LogP contribution is -2.40. The predicted octanol–water partition coefficient (Wildman–Crippen LogP) is 1.24. The number of carbonyl (C=O) groups excluding carboxylic acids is 1. The first-order valence-electron chi connectivity index (χ1n) is 5.26. The van der Waals surface area contributed by atoms with Crippen LogP contribution in [0.3, 0.4) is 0 Å². The second-order valence-corrected chi connectivity index (χ2v) is 4.93. The third-order valence-corrected chi connectivity index (χ3v) is 2.72. The van der Waals surface area contributed by atoms with Crippen LogP contribution in [0.4, 0.5) is 5.82 Å². The molecule has 0 radical (unpaired) electrons. The molecule has 98 valence electrons. The van der Waals surface area contributed by atoms with Crippen molar-refractivity contribution in [1.29, 1.82) is 0 Å². The summed E-state index contributed by atoms with van der Waals surface area (Å²) in [4.78, 5) is 27.8. The van der Waals surface area contributed by atoms with Crippen LogP contribution in [0, 0.1) is 0 Å². The van der Waals surface area contributed by atoms with Crippen LogP contribution in [0.5, 0.6) is 0 Å². The van der Waals surface area contributed by atoms with Crippen LogP contribution in [0.2, 0.25) is 0 Å². The molecular formula is C11H14BrN3O3. The van der Waals surface area contributed by atoms with E-state index in [-0.39, 0.29) is 24.0 Å². The van der Waals surface area contributed by atoms with Crippen molar-refractivity contribution in [3.8, 4) is 0 Å². The summed E-state index contributed by atoms with van der Waals surface area (Å²) in [6, 6.07) is 1.35. The van der Waals surface area contributed by atoms with Gasteiger partial charge in [0.25, 0.3) is 0 Å². The Hall–Kier alpha value is -1.63. The van der Waals surface area contributed by atoms with Crippen LogP contribution in [0.25, 0.3) is 0 Å². The lowest BCUT2D eigenvalue weighted by molar-refractivity contribution is -0.116. The van der Waals surface area contributed by atoms with E-state index < -0.39 is 11.9 Å². The zero-order valence-corrected chi connectivity index (χ0v) is 11.6. The quantitative estimate of drug-likeness (QED) is 0.852. The van der Waals surface area contributed by atoms with Gasteiger partial charge in [0.2, 0.25) is 5.91 Å². The van der Waals surface area contributed by atoms with E-state index in [0.29, 0.717) is 4.47 Å². The molecule has 0 fully saturated rings. The second kappa shape index (κ2) is 5.81. The van der Waals surface area contributed by atoms with Gasteiger partial charge in [0.15, 0.2) is 0 Å². The van der Waals surface area contributed by atoms with Gasteiger partial charge in [-0.05, 0) is 35.8 Å². The minimum Gasteiger partial charge on any atom is -0.478 e. The van der Waals surface area contributed by atoms with E-state index in [4.69, 9.17) is 10.8 Å². The number of nitrogens with zero attached hydrogens (tertiary/aromatic N) is 2. The highest BCUT2D eigenvalue weighted by Crippen LogP contribution is 2.23. The number of primary amides is 1. The van der Waals surface area contributed by atoms with Gasteiger partial charge < -0.3 is 15.7 Å². The molecule has 0 saturated heterocycles. The Morgan fingerprint density at radius 2 is 2.17 bits per heavy atom. The van der Waals surface area contributed by atoms with Crippen molar-refractivity contribution in [2.75, 3.05) is 11.4 Å². The summed E-state index contributed by atoms with van der Waals surface area (Å²) in [7, 11) is 0. The number of pyridine rings is 1. The first kappa shape index (κ1) is 14.4. The molecule has 0 unspecified atom stereocenters. The molecule has 0 aromatic carbocycles. The molecule has 3 N–H and O–H groups in total. The van der Waals surface area contributed by atoms with Gasteiger partial charge in [0, 0.05) is 16.7 Å². The van der Waals surface area contributed by atoms with E-state index in [0.717, 1.165) is 0 Å². The zero-order valence-electron chi connectivity index (χ0n) is 10.1. The van der Waals surface area contributed by atoms with Gasteiger partial charge in [-0.3, -0.25) is 4.79 Å². The Bertz CT molecular complexity index is 477. The number of hydrogen-bond acceptors (Lipinski definition) is 4. The third-order valence-electron chi connectivity index (χ3n) is 2.29. The van der Waals surface area contributed by atoms with Crippen molar-refractivity contribution in [3.05, 3.63) is 22.3 Å². The lowest BCUT2D eigenvalue weighted by Gasteiger charge is -2.27. The van der Waals surface area contributed by atoms with Crippen molar-refractivity contribution >= 4 is 33.6 Å². The van der Waals surface area contributed by atoms with Gasteiger partial charge in [-0.15, -0.1) is 0 Å². The molecule has 18 heavy (non-hydrogen) atoms. The number of carbonyl (C=O) groups is 2. The summed E-state index contributed by atoms with van der Waals surface area (Å²) in [5.74, 6) is -1.40. The maximum Gasteiger partial charge on any atom is 0.339 e. The standard InChI is InChI=1S/C11H14BrN3O3/c1-6(2)15(5-9(13)16)10-8(11(17)18)3-7(12)4-14-10/h3-4,6H,5H2,1-2H3,(H2,13,16)(H,17,18). The number of aromatic carboxylic acids is 1. The lowest BCUT2D eigenvalue weighted by atomic mass is 10.2. The van der Waals surface area contributed by atoms with E-state index in [1.165, 1.54) is 12.3 Å². The normalized spacial score (nSPS) is 10.4. The number of hydrogen-bond donors (Lipinski definition) is 2. The molecule has 0 aliphatic heterocycles. The highest BCUT2D eigenvalue weighted by Gasteiger charge is 2.21. The number of rotatable bonds is 5.